The molecule has 8 heteroatoms. The van der Waals surface area contributed by atoms with Crippen LogP contribution in [0.4, 0.5) is 0 Å². The molecule has 0 atom stereocenters. The van der Waals surface area contributed by atoms with E-state index in [1.54, 1.807) is 11.8 Å². The third-order valence-electron chi connectivity index (χ3n) is 5.32. The summed E-state index contributed by atoms with van der Waals surface area (Å²) < 4.78 is 7.15. The molecule has 1 N–H and O–H groups in total. The van der Waals surface area contributed by atoms with Crippen LogP contribution in [-0.2, 0) is 13.0 Å². The molecule has 2 aromatic heterocycles. The van der Waals surface area contributed by atoms with Crippen molar-refractivity contribution in [3.05, 3.63) is 75.9 Å². The number of nitrogens with one attached hydrogen (secondary N) is 1. The molecule has 1 amide bonds. The number of aromatic nitrogens is 4. The molecule has 4 aromatic rings. The highest BCUT2D eigenvalue weighted by atomic mass is 32.1. The summed E-state index contributed by atoms with van der Waals surface area (Å²) in [6, 6.07) is 15.9. The first-order chi connectivity index (χ1) is 15.5. The number of carbonyl (C=O) groups is 1. The van der Waals surface area contributed by atoms with Gasteiger partial charge in [0.1, 0.15) is 21.3 Å². The second kappa shape index (κ2) is 9.32. The maximum Gasteiger partial charge on any atom is 0.263 e. The monoisotopic (exact) mass is 447 g/mol. The van der Waals surface area contributed by atoms with Gasteiger partial charge in [0.2, 0.25) is 0 Å². The number of hydrogen-bond acceptors (Lipinski definition) is 6. The molecular weight excluding hydrogens is 422 g/mol. The van der Waals surface area contributed by atoms with E-state index >= 15 is 0 Å². The molecule has 0 spiro atoms. The Morgan fingerprint density at radius 3 is 2.59 bits per heavy atom. The van der Waals surface area contributed by atoms with Crippen LogP contribution in [0.5, 0.6) is 5.75 Å². The quantitative estimate of drug-likeness (QED) is 0.451. The SMILES string of the molecule is CCc1ccc(-n2nnc(-c3nc(C)c(C(=O)NCc4ccccc4OC)s3)c2C)cc1. The van der Waals surface area contributed by atoms with Crippen molar-refractivity contribution in [1.29, 1.82) is 0 Å². The van der Waals surface area contributed by atoms with Crippen LogP contribution in [0.15, 0.2) is 48.5 Å². The van der Waals surface area contributed by atoms with Gasteiger partial charge < -0.3 is 10.1 Å². The number of benzene rings is 2. The molecule has 0 aliphatic heterocycles. The highest BCUT2D eigenvalue weighted by Gasteiger charge is 2.21. The number of hydrogen-bond donors (Lipinski definition) is 1. The van der Waals surface area contributed by atoms with Gasteiger partial charge in [-0.15, -0.1) is 16.4 Å². The van der Waals surface area contributed by atoms with Gasteiger partial charge in [-0.2, -0.15) is 0 Å². The number of ether oxygens (including phenoxy) is 1. The molecular formula is C24H25N5O2S. The van der Waals surface area contributed by atoms with Crippen LogP contribution >= 0.6 is 11.3 Å². The van der Waals surface area contributed by atoms with E-state index in [9.17, 15) is 4.79 Å². The number of thiazole rings is 1. The molecule has 0 unspecified atom stereocenters. The largest absolute Gasteiger partial charge is 0.496 e. The van der Waals surface area contributed by atoms with Crippen molar-refractivity contribution in [3.8, 4) is 22.1 Å². The number of carbonyl (C=O) groups excluding carboxylic acids is 1. The predicted octanol–water partition coefficient (Wildman–Crippen LogP) is 4.51. The number of para-hydroxylation sites is 1. The standard InChI is InChI=1S/C24H25N5O2S/c1-5-17-10-12-19(13-11-17)29-16(3)21(27-28-29)24-26-15(2)22(32-24)23(30)25-14-18-8-6-7-9-20(18)31-4/h6-13H,5,14H2,1-4H3,(H,25,30). The molecule has 32 heavy (non-hydrogen) atoms. The van der Waals surface area contributed by atoms with Crippen LogP contribution in [0.3, 0.4) is 0 Å². The molecule has 0 aliphatic rings. The molecule has 0 fully saturated rings. The Morgan fingerprint density at radius 2 is 1.88 bits per heavy atom. The first-order valence-corrected chi connectivity index (χ1v) is 11.2. The maximum atomic E-state index is 12.8. The fraction of sp³-hybridized carbons (Fsp3) is 0.250. The van der Waals surface area contributed by atoms with E-state index in [0.29, 0.717) is 27.8 Å². The average molecular weight is 448 g/mol. The van der Waals surface area contributed by atoms with E-state index in [4.69, 9.17) is 4.74 Å². The van der Waals surface area contributed by atoms with Crippen molar-refractivity contribution in [2.24, 2.45) is 0 Å². The smallest absolute Gasteiger partial charge is 0.263 e. The lowest BCUT2D eigenvalue weighted by molar-refractivity contribution is 0.0954. The highest BCUT2D eigenvalue weighted by Crippen LogP contribution is 2.29. The molecule has 0 bridgehead atoms. The number of amides is 1. The Labute approximate surface area is 191 Å². The van der Waals surface area contributed by atoms with E-state index in [1.807, 2.05) is 50.2 Å². The molecule has 2 heterocycles. The summed E-state index contributed by atoms with van der Waals surface area (Å²) >= 11 is 1.32. The van der Waals surface area contributed by atoms with Crippen molar-refractivity contribution in [1.82, 2.24) is 25.3 Å². The lowest BCUT2D eigenvalue weighted by Crippen LogP contribution is -2.22. The normalized spacial score (nSPS) is 10.9. The lowest BCUT2D eigenvalue weighted by atomic mass is 10.1. The Balaban J connectivity index is 1.54. The maximum absolute atomic E-state index is 12.8. The molecule has 7 nitrogen and oxygen atoms in total. The Hall–Kier alpha value is -3.52. The molecule has 0 aliphatic carbocycles. The second-order valence-electron chi connectivity index (χ2n) is 7.38. The first-order valence-electron chi connectivity index (χ1n) is 10.4. The average Bonchev–Trinajstić information content (AvgIpc) is 3.40. The molecule has 4 rings (SSSR count). The van der Waals surface area contributed by atoms with Crippen LogP contribution < -0.4 is 10.1 Å². The minimum absolute atomic E-state index is 0.169. The van der Waals surface area contributed by atoms with Crippen LogP contribution in [0, 0.1) is 13.8 Å². The topological polar surface area (TPSA) is 81.9 Å². The number of aryl methyl sites for hydroxylation is 2. The van der Waals surface area contributed by atoms with Crippen LogP contribution in [0.25, 0.3) is 16.4 Å². The lowest BCUT2D eigenvalue weighted by Gasteiger charge is -2.09. The van der Waals surface area contributed by atoms with Gasteiger partial charge in [0, 0.05) is 12.1 Å². The Kier molecular flexibility index (Phi) is 6.32. The Bertz CT molecular complexity index is 1240. The third-order valence-corrected chi connectivity index (χ3v) is 6.48. The van der Waals surface area contributed by atoms with Crippen molar-refractivity contribution in [3.63, 3.8) is 0 Å². The summed E-state index contributed by atoms with van der Waals surface area (Å²) in [7, 11) is 1.62. The summed E-state index contributed by atoms with van der Waals surface area (Å²) in [4.78, 5) is 18.0. The molecule has 2 aromatic carbocycles. The first kappa shape index (κ1) is 21.7. The van der Waals surface area contributed by atoms with Crippen LogP contribution in [0.1, 0.15) is 39.1 Å². The van der Waals surface area contributed by atoms with Crippen molar-refractivity contribution < 1.29 is 9.53 Å². The fourth-order valence-electron chi connectivity index (χ4n) is 3.46. The molecule has 0 saturated carbocycles. The van der Waals surface area contributed by atoms with E-state index in [0.717, 1.165) is 29.1 Å². The van der Waals surface area contributed by atoms with Gasteiger partial charge in [-0.1, -0.05) is 42.5 Å². The molecule has 164 valence electrons. The summed E-state index contributed by atoms with van der Waals surface area (Å²) in [5.41, 5.74) is 5.36. The minimum Gasteiger partial charge on any atom is -0.496 e. The van der Waals surface area contributed by atoms with E-state index < -0.39 is 0 Å². The van der Waals surface area contributed by atoms with Gasteiger partial charge in [0.05, 0.1) is 24.2 Å². The van der Waals surface area contributed by atoms with Gasteiger partial charge in [0.15, 0.2) is 0 Å². The zero-order chi connectivity index (χ0) is 22.7. The van der Waals surface area contributed by atoms with E-state index in [-0.39, 0.29) is 5.91 Å². The van der Waals surface area contributed by atoms with Crippen LogP contribution in [-0.4, -0.2) is 33.0 Å². The van der Waals surface area contributed by atoms with E-state index in [2.05, 4.69) is 39.7 Å². The summed E-state index contributed by atoms with van der Waals surface area (Å²) in [6.45, 7) is 6.30. The minimum atomic E-state index is -0.169. The van der Waals surface area contributed by atoms with Crippen molar-refractivity contribution >= 4 is 17.2 Å². The number of methoxy groups -OCH3 is 1. The molecule has 0 saturated heterocycles. The molecule has 0 radical (unpaired) electrons. The number of nitrogens with zero attached hydrogens (tertiary/aromatic N) is 4. The van der Waals surface area contributed by atoms with E-state index in [1.165, 1.54) is 16.9 Å². The van der Waals surface area contributed by atoms with Gasteiger partial charge in [-0.3, -0.25) is 4.79 Å². The third kappa shape index (κ3) is 4.27. The second-order valence-corrected chi connectivity index (χ2v) is 8.38. The summed E-state index contributed by atoms with van der Waals surface area (Å²) in [6.07, 6.45) is 0.988. The van der Waals surface area contributed by atoms with Gasteiger partial charge >= 0.3 is 0 Å². The fourth-order valence-corrected chi connectivity index (χ4v) is 4.48. The van der Waals surface area contributed by atoms with Crippen molar-refractivity contribution in [2.75, 3.05) is 7.11 Å². The summed E-state index contributed by atoms with van der Waals surface area (Å²) in [5, 5.41) is 12.3. The predicted molar refractivity (Wildman–Crippen MR) is 125 cm³/mol. The van der Waals surface area contributed by atoms with Crippen LogP contribution in [0.2, 0.25) is 0 Å². The van der Waals surface area contributed by atoms with Gasteiger partial charge in [-0.25, -0.2) is 9.67 Å². The van der Waals surface area contributed by atoms with Gasteiger partial charge in [0.25, 0.3) is 5.91 Å². The van der Waals surface area contributed by atoms with Gasteiger partial charge in [-0.05, 0) is 44.0 Å². The zero-order valence-electron chi connectivity index (χ0n) is 18.5. The summed E-state index contributed by atoms with van der Waals surface area (Å²) in [5.74, 6) is 0.575. The number of rotatable bonds is 7. The Morgan fingerprint density at radius 1 is 1.12 bits per heavy atom. The zero-order valence-corrected chi connectivity index (χ0v) is 19.4. The highest BCUT2D eigenvalue weighted by molar-refractivity contribution is 7.17. The van der Waals surface area contributed by atoms with Crippen molar-refractivity contribution in [2.45, 2.75) is 33.7 Å².